The van der Waals surface area contributed by atoms with Gasteiger partial charge in [0.25, 0.3) is 0 Å². The lowest BCUT2D eigenvalue weighted by molar-refractivity contribution is -0.123. The Labute approximate surface area is 173 Å². The molecule has 0 fully saturated rings. The normalized spacial score (nSPS) is 12.0. The molecule has 0 saturated carbocycles. The largest absolute Gasteiger partial charge is 0.491 e. The number of carbonyl (C=O) groups is 2. The van der Waals surface area contributed by atoms with Crippen molar-refractivity contribution in [2.45, 2.75) is 47.1 Å². The number of hydrogen-bond donors (Lipinski definition) is 3. The molecule has 2 rings (SSSR count). The molecule has 6 nitrogen and oxygen atoms in total. The summed E-state index contributed by atoms with van der Waals surface area (Å²) in [4.78, 5) is 24.4. The molecule has 0 saturated heterocycles. The first-order valence-electron chi connectivity index (χ1n) is 9.89. The van der Waals surface area contributed by atoms with Crippen LogP contribution in [0.3, 0.4) is 0 Å². The summed E-state index contributed by atoms with van der Waals surface area (Å²) in [6, 6.07) is 14.6. The van der Waals surface area contributed by atoms with E-state index >= 15 is 0 Å². The molecule has 1 unspecified atom stereocenters. The van der Waals surface area contributed by atoms with Crippen molar-refractivity contribution < 1.29 is 14.3 Å². The molecule has 0 spiro atoms. The van der Waals surface area contributed by atoms with Crippen LogP contribution in [-0.2, 0) is 9.59 Å². The summed E-state index contributed by atoms with van der Waals surface area (Å²) in [5, 5.41) is 8.78. The van der Waals surface area contributed by atoms with Gasteiger partial charge < -0.3 is 20.7 Å². The minimum Gasteiger partial charge on any atom is -0.491 e. The fourth-order valence-corrected chi connectivity index (χ4v) is 2.35. The van der Waals surface area contributed by atoms with E-state index in [0.717, 1.165) is 17.9 Å². The van der Waals surface area contributed by atoms with Gasteiger partial charge in [-0.3, -0.25) is 9.59 Å². The number of ether oxygens (including phenoxy) is 1. The summed E-state index contributed by atoms with van der Waals surface area (Å²) < 4.78 is 5.75. The van der Waals surface area contributed by atoms with Gasteiger partial charge in [0.1, 0.15) is 5.75 Å². The number of amides is 2. The van der Waals surface area contributed by atoms with Gasteiger partial charge in [-0.1, -0.05) is 33.8 Å². The topological polar surface area (TPSA) is 79.5 Å². The Morgan fingerprint density at radius 2 is 1.59 bits per heavy atom. The number of anilines is 3. The van der Waals surface area contributed by atoms with E-state index in [-0.39, 0.29) is 24.5 Å². The molecule has 0 aromatic heterocycles. The van der Waals surface area contributed by atoms with Gasteiger partial charge in [0.2, 0.25) is 11.8 Å². The average Bonchev–Trinajstić information content (AvgIpc) is 2.67. The third-order valence-electron chi connectivity index (χ3n) is 4.30. The third kappa shape index (κ3) is 7.49. The van der Waals surface area contributed by atoms with Crippen LogP contribution in [0.5, 0.6) is 5.75 Å². The van der Waals surface area contributed by atoms with E-state index < -0.39 is 5.41 Å². The van der Waals surface area contributed by atoms with Crippen molar-refractivity contribution in [1.82, 2.24) is 0 Å². The Kier molecular flexibility index (Phi) is 7.65. The van der Waals surface area contributed by atoms with Crippen molar-refractivity contribution in [2.75, 3.05) is 22.5 Å². The zero-order valence-electron chi connectivity index (χ0n) is 17.8. The van der Waals surface area contributed by atoms with Crippen molar-refractivity contribution in [2.24, 2.45) is 5.41 Å². The lowest BCUT2D eigenvalue weighted by atomic mass is 9.95. The van der Waals surface area contributed by atoms with Crippen LogP contribution in [0.25, 0.3) is 0 Å². The minimum atomic E-state index is -0.488. The van der Waals surface area contributed by atoms with Crippen LogP contribution in [-0.4, -0.2) is 24.5 Å². The first-order valence-corrected chi connectivity index (χ1v) is 9.89. The molecule has 0 aliphatic carbocycles. The number of hydrogen-bond acceptors (Lipinski definition) is 4. The van der Waals surface area contributed by atoms with E-state index in [1.807, 2.05) is 52.0 Å². The highest BCUT2D eigenvalue weighted by Gasteiger charge is 2.21. The molecule has 3 N–H and O–H groups in total. The second-order valence-corrected chi connectivity index (χ2v) is 8.05. The molecule has 156 valence electrons. The van der Waals surface area contributed by atoms with E-state index in [2.05, 4.69) is 22.9 Å². The van der Waals surface area contributed by atoms with Crippen LogP contribution in [0.15, 0.2) is 48.5 Å². The average molecular weight is 398 g/mol. The van der Waals surface area contributed by atoms with E-state index in [0.29, 0.717) is 11.4 Å². The molecule has 2 aromatic rings. The van der Waals surface area contributed by atoms with Gasteiger partial charge in [0.05, 0.1) is 12.6 Å². The Balaban J connectivity index is 1.86. The zero-order valence-corrected chi connectivity index (χ0v) is 17.8. The van der Waals surface area contributed by atoms with E-state index in [1.165, 1.54) is 0 Å². The first kappa shape index (κ1) is 22.3. The van der Waals surface area contributed by atoms with Crippen molar-refractivity contribution in [3.05, 3.63) is 48.5 Å². The minimum absolute atomic E-state index is 0.0802. The first-order chi connectivity index (χ1) is 13.7. The lowest BCUT2D eigenvalue weighted by Crippen LogP contribution is -2.27. The Bertz CT molecular complexity index is 826. The predicted molar refractivity (Wildman–Crippen MR) is 118 cm³/mol. The highest BCUT2D eigenvalue weighted by molar-refractivity contribution is 5.97. The van der Waals surface area contributed by atoms with Crippen molar-refractivity contribution in [3.63, 3.8) is 0 Å². The molecule has 6 heteroatoms. The SMILES string of the molecule is CCC(C)Oc1ccc(NCC(=O)Nc2cccc(NC(=O)C(C)(C)C)c2)cc1. The quantitative estimate of drug-likeness (QED) is 0.592. The highest BCUT2D eigenvalue weighted by Crippen LogP contribution is 2.20. The molecule has 2 aromatic carbocycles. The predicted octanol–water partition coefficient (Wildman–Crippen LogP) is 4.90. The van der Waals surface area contributed by atoms with Crippen LogP contribution in [0, 0.1) is 5.41 Å². The molecule has 2 amide bonds. The molecule has 0 radical (unpaired) electrons. The molecule has 0 heterocycles. The molecular formula is C23H31N3O3. The van der Waals surface area contributed by atoms with Crippen LogP contribution < -0.4 is 20.7 Å². The number of rotatable bonds is 8. The zero-order chi connectivity index (χ0) is 21.4. The second kappa shape index (κ2) is 9.96. The van der Waals surface area contributed by atoms with Gasteiger partial charge >= 0.3 is 0 Å². The maximum absolute atomic E-state index is 12.2. The maximum atomic E-state index is 12.2. The van der Waals surface area contributed by atoms with E-state index in [1.54, 1.807) is 24.3 Å². The lowest BCUT2D eigenvalue weighted by Gasteiger charge is -2.18. The summed E-state index contributed by atoms with van der Waals surface area (Å²) >= 11 is 0. The van der Waals surface area contributed by atoms with Crippen molar-refractivity contribution >= 4 is 28.9 Å². The van der Waals surface area contributed by atoms with Gasteiger partial charge in [-0.25, -0.2) is 0 Å². The third-order valence-corrected chi connectivity index (χ3v) is 4.30. The number of benzene rings is 2. The smallest absolute Gasteiger partial charge is 0.243 e. The summed E-state index contributed by atoms with van der Waals surface area (Å²) in [6.07, 6.45) is 1.12. The van der Waals surface area contributed by atoms with E-state index in [9.17, 15) is 9.59 Å². The Morgan fingerprint density at radius 1 is 0.966 bits per heavy atom. The second-order valence-electron chi connectivity index (χ2n) is 8.05. The standard InChI is InChI=1S/C23H31N3O3/c1-6-16(2)29-20-12-10-17(11-13-20)24-15-21(27)25-18-8-7-9-19(14-18)26-22(28)23(3,4)5/h7-14,16,24H,6,15H2,1-5H3,(H,25,27)(H,26,28). The fraction of sp³-hybridized carbons (Fsp3) is 0.391. The van der Waals surface area contributed by atoms with Gasteiger partial charge in [-0.2, -0.15) is 0 Å². The molecule has 0 bridgehead atoms. The maximum Gasteiger partial charge on any atom is 0.243 e. The van der Waals surface area contributed by atoms with Gasteiger partial charge in [0.15, 0.2) is 0 Å². The van der Waals surface area contributed by atoms with Crippen LogP contribution >= 0.6 is 0 Å². The van der Waals surface area contributed by atoms with Gasteiger partial charge in [0, 0.05) is 22.5 Å². The van der Waals surface area contributed by atoms with Crippen LogP contribution in [0.1, 0.15) is 41.0 Å². The monoisotopic (exact) mass is 397 g/mol. The molecule has 1 atom stereocenters. The summed E-state index contributed by atoms with van der Waals surface area (Å²) in [7, 11) is 0. The van der Waals surface area contributed by atoms with Gasteiger partial charge in [-0.15, -0.1) is 0 Å². The van der Waals surface area contributed by atoms with Crippen LogP contribution in [0.2, 0.25) is 0 Å². The summed E-state index contributed by atoms with van der Waals surface area (Å²) in [5.74, 6) is 0.552. The van der Waals surface area contributed by atoms with E-state index in [4.69, 9.17) is 4.74 Å². The summed E-state index contributed by atoms with van der Waals surface area (Å²) in [6.45, 7) is 9.78. The molecule has 0 aliphatic heterocycles. The van der Waals surface area contributed by atoms with Crippen LogP contribution in [0.4, 0.5) is 17.1 Å². The summed E-state index contributed by atoms with van der Waals surface area (Å²) in [5.41, 5.74) is 1.62. The Morgan fingerprint density at radius 3 is 2.17 bits per heavy atom. The Hall–Kier alpha value is -3.02. The van der Waals surface area contributed by atoms with Crippen molar-refractivity contribution in [3.8, 4) is 5.75 Å². The van der Waals surface area contributed by atoms with Gasteiger partial charge in [-0.05, 0) is 55.8 Å². The fourth-order valence-electron chi connectivity index (χ4n) is 2.35. The molecule has 29 heavy (non-hydrogen) atoms. The highest BCUT2D eigenvalue weighted by atomic mass is 16.5. The van der Waals surface area contributed by atoms with Crippen molar-refractivity contribution in [1.29, 1.82) is 0 Å². The molecular weight excluding hydrogens is 366 g/mol. The number of nitrogens with one attached hydrogen (secondary N) is 3. The molecule has 0 aliphatic rings. The number of carbonyl (C=O) groups excluding carboxylic acids is 2.